The Balaban J connectivity index is 0.000000917. The van der Waals surface area contributed by atoms with E-state index in [1.165, 1.54) is 4.88 Å². The van der Waals surface area contributed by atoms with Crippen molar-refractivity contribution in [2.24, 2.45) is 0 Å². The summed E-state index contributed by atoms with van der Waals surface area (Å²) in [7, 11) is 0. The predicted molar refractivity (Wildman–Crippen MR) is 137 cm³/mol. The van der Waals surface area contributed by atoms with Crippen LogP contribution in [0.4, 0.5) is 5.82 Å². The Morgan fingerprint density at radius 1 is 1.11 bits per heavy atom. The van der Waals surface area contributed by atoms with Crippen LogP contribution >= 0.6 is 11.3 Å². The van der Waals surface area contributed by atoms with Crippen LogP contribution in [0.5, 0.6) is 0 Å². The van der Waals surface area contributed by atoms with Gasteiger partial charge in [0.2, 0.25) is 0 Å². The maximum Gasteiger partial charge on any atom is 0.255 e. The van der Waals surface area contributed by atoms with Crippen molar-refractivity contribution in [1.82, 2.24) is 15.3 Å². The van der Waals surface area contributed by atoms with E-state index in [9.17, 15) is 9.59 Å². The first-order chi connectivity index (χ1) is 17.0. The molecule has 8 heteroatoms. The van der Waals surface area contributed by atoms with Gasteiger partial charge in [0, 0.05) is 58.8 Å². The minimum Gasteiger partial charge on any atom is -0.397 e. The Bertz CT molecular complexity index is 1240. The van der Waals surface area contributed by atoms with Crippen LogP contribution in [0.2, 0.25) is 0 Å². The fourth-order valence-corrected chi connectivity index (χ4v) is 5.36. The van der Waals surface area contributed by atoms with Crippen molar-refractivity contribution in [2.45, 2.75) is 38.5 Å². The Morgan fingerprint density at radius 2 is 1.86 bits per heavy atom. The standard InChI is InChI=1S/C25H22N4O2S.C2H6O/c1-15-22(25(31)29-21-9-3-5-11-27-21)24(17-7-2-4-10-26-17)23-18(28-15)13-16(14-19(23)30)20-8-6-12-32-20;1-2-3/h2-12,16,24,28H,13-14H2,1H3,(H,27,29,31);3H,2H2,1H3. The highest BCUT2D eigenvalue weighted by molar-refractivity contribution is 7.10. The molecular weight excluding hydrogens is 460 g/mol. The zero-order valence-corrected chi connectivity index (χ0v) is 20.5. The third-order valence-corrected chi connectivity index (χ3v) is 6.94. The highest BCUT2D eigenvalue weighted by Gasteiger charge is 2.41. The van der Waals surface area contributed by atoms with E-state index in [2.05, 4.69) is 26.7 Å². The van der Waals surface area contributed by atoms with E-state index in [-0.39, 0.29) is 24.2 Å². The molecule has 35 heavy (non-hydrogen) atoms. The van der Waals surface area contributed by atoms with Gasteiger partial charge >= 0.3 is 0 Å². The molecule has 5 rings (SSSR count). The summed E-state index contributed by atoms with van der Waals surface area (Å²) < 4.78 is 0. The molecule has 0 fully saturated rings. The number of aromatic nitrogens is 2. The van der Waals surface area contributed by atoms with E-state index in [4.69, 9.17) is 5.11 Å². The van der Waals surface area contributed by atoms with Gasteiger partial charge in [-0.2, -0.15) is 0 Å². The maximum atomic E-state index is 13.5. The number of anilines is 1. The maximum absolute atomic E-state index is 13.5. The van der Waals surface area contributed by atoms with Crippen LogP contribution in [0.25, 0.3) is 0 Å². The molecule has 0 spiro atoms. The van der Waals surface area contributed by atoms with Gasteiger partial charge in [0.25, 0.3) is 5.91 Å². The summed E-state index contributed by atoms with van der Waals surface area (Å²) in [5, 5.41) is 15.9. The average Bonchev–Trinajstić information content (AvgIpc) is 3.40. The Labute approximate surface area is 208 Å². The summed E-state index contributed by atoms with van der Waals surface area (Å²) in [5.41, 5.74) is 3.45. The number of ketones is 1. The van der Waals surface area contributed by atoms with E-state index >= 15 is 0 Å². The number of allylic oxidation sites excluding steroid dienone is 3. The molecule has 0 bridgehead atoms. The Kier molecular flexibility index (Phi) is 7.84. The van der Waals surface area contributed by atoms with Gasteiger partial charge in [-0.1, -0.05) is 18.2 Å². The molecule has 1 amide bonds. The van der Waals surface area contributed by atoms with Crippen molar-refractivity contribution in [3.8, 4) is 0 Å². The first-order valence-corrected chi connectivity index (χ1v) is 12.4. The van der Waals surface area contributed by atoms with Crippen molar-refractivity contribution < 1.29 is 14.7 Å². The molecule has 180 valence electrons. The predicted octanol–water partition coefficient (Wildman–Crippen LogP) is 4.54. The molecule has 3 aromatic heterocycles. The number of Topliss-reactive ketones (excluding diaryl/α,β-unsaturated/α-hetero) is 1. The van der Waals surface area contributed by atoms with Gasteiger partial charge < -0.3 is 15.7 Å². The van der Waals surface area contributed by atoms with Gasteiger partial charge in [-0.25, -0.2) is 4.98 Å². The molecule has 2 unspecified atom stereocenters. The molecule has 7 nitrogen and oxygen atoms in total. The van der Waals surface area contributed by atoms with E-state index in [0.29, 0.717) is 29.1 Å². The van der Waals surface area contributed by atoms with Crippen LogP contribution in [0, 0.1) is 0 Å². The number of thiophene rings is 1. The summed E-state index contributed by atoms with van der Waals surface area (Å²) in [6, 6.07) is 15.0. The van der Waals surface area contributed by atoms with Crippen molar-refractivity contribution >= 4 is 28.8 Å². The molecular formula is C27H28N4O3S. The molecule has 1 aliphatic carbocycles. The van der Waals surface area contributed by atoms with Crippen LogP contribution in [0.1, 0.15) is 49.1 Å². The summed E-state index contributed by atoms with van der Waals surface area (Å²) in [5.74, 6) is -0.139. The molecule has 1 aliphatic heterocycles. The van der Waals surface area contributed by atoms with E-state index < -0.39 is 5.92 Å². The molecule has 3 aromatic rings. The number of aliphatic hydroxyl groups excluding tert-OH is 1. The normalized spacial score (nSPS) is 19.3. The third kappa shape index (κ3) is 5.39. The zero-order chi connectivity index (χ0) is 24.8. The molecule has 0 aromatic carbocycles. The monoisotopic (exact) mass is 488 g/mol. The highest BCUT2D eigenvalue weighted by Crippen LogP contribution is 2.45. The molecule has 3 N–H and O–H groups in total. The molecule has 0 saturated heterocycles. The van der Waals surface area contributed by atoms with Crippen LogP contribution in [0.3, 0.4) is 0 Å². The lowest BCUT2D eigenvalue weighted by Gasteiger charge is -2.36. The Morgan fingerprint density at radius 3 is 2.49 bits per heavy atom. The number of hydrogen-bond donors (Lipinski definition) is 3. The van der Waals surface area contributed by atoms with Crippen LogP contribution in [0.15, 0.2) is 88.8 Å². The van der Waals surface area contributed by atoms with Crippen LogP contribution < -0.4 is 10.6 Å². The SMILES string of the molecule is CC1=C(C(=O)Nc2ccccn2)C(c2ccccn2)C2=C(CC(c3cccs3)CC2=O)N1.CCO. The zero-order valence-electron chi connectivity index (χ0n) is 19.7. The lowest BCUT2D eigenvalue weighted by atomic mass is 9.73. The first kappa shape index (κ1) is 24.5. The van der Waals surface area contributed by atoms with E-state index in [0.717, 1.165) is 17.8 Å². The second-order valence-corrected chi connectivity index (χ2v) is 9.25. The van der Waals surface area contributed by atoms with Crippen molar-refractivity contribution in [1.29, 1.82) is 0 Å². The number of nitrogens with one attached hydrogen (secondary N) is 2. The summed E-state index contributed by atoms with van der Waals surface area (Å²) in [6.07, 6.45) is 4.49. The molecule has 0 radical (unpaired) electrons. The van der Waals surface area contributed by atoms with Crippen molar-refractivity contribution in [3.63, 3.8) is 0 Å². The number of rotatable bonds is 4. The third-order valence-electron chi connectivity index (χ3n) is 5.91. The molecule has 4 heterocycles. The largest absolute Gasteiger partial charge is 0.397 e. The van der Waals surface area contributed by atoms with Crippen LogP contribution in [-0.4, -0.2) is 33.4 Å². The number of pyridine rings is 2. The number of nitrogens with zero attached hydrogens (tertiary/aromatic N) is 2. The topological polar surface area (TPSA) is 104 Å². The first-order valence-electron chi connectivity index (χ1n) is 11.5. The lowest BCUT2D eigenvalue weighted by Crippen LogP contribution is -2.37. The summed E-state index contributed by atoms with van der Waals surface area (Å²) in [4.78, 5) is 36.8. The molecule has 2 atom stereocenters. The van der Waals surface area contributed by atoms with E-state index in [1.807, 2.05) is 42.6 Å². The molecule has 0 saturated carbocycles. The average molecular weight is 489 g/mol. The van der Waals surface area contributed by atoms with Gasteiger partial charge in [0.05, 0.1) is 11.6 Å². The number of carbonyl (C=O) groups is 2. The number of hydrogen-bond acceptors (Lipinski definition) is 7. The second-order valence-electron chi connectivity index (χ2n) is 8.27. The minimum atomic E-state index is -0.520. The van der Waals surface area contributed by atoms with Crippen molar-refractivity contribution in [3.05, 3.63) is 99.4 Å². The summed E-state index contributed by atoms with van der Waals surface area (Å²) >= 11 is 1.68. The number of carbonyl (C=O) groups excluding carboxylic acids is 2. The van der Waals surface area contributed by atoms with Crippen LogP contribution in [-0.2, 0) is 9.59 Å². The van der Waals surface area contributed by atoms with E-state index in [1.54, 1.807) is 42.8 Å². The lowest BCUT2D eigenvalue weighted by molar-refractivity contribution is -0.116. The van der Waals surface area contributed by atoms with Gasteiger partial charge in [0.1, 0.15) is 5.82 Å². The minimum absolute atomic E-state index is 0.0587. The van der Waals surface area contributed by atoms with Gasteiger partial charge in [0.15, 0.2) is 5.78 Å². The Hall–Kier alpha value is -3.62. The van der Waals surface area contributed by atoms with Gasteiger partial charge in [-0.3, -0.25) is 14.6 Å². The van der Waals surface area contributed by atoms with Crippen molar-refractivity contribution in [2.75, 3.05) is 11.9 Å². The quantitative estimate of drug-likeness (QED) is 0.498. The number of amides is 1. The smallest absolute Gasteiger partial charge is 0.255 e. The second kappa shape index (κ2) is 11.2. The van der Waals surface area contributed by atoms with Gasteiger partial charge in [-0.15, -0.1) is 11.3 Å². The highest BCUT2D eigenvalue weighted by atomic mass is 32.1. The fraction of sp³-hybridized carbons (Fsp3) is 0.259. The number of dihydropyridines is 1. The fourth-order valence-electron chi connectivity index (χ4n) is 4.53. The molecule has 2 aliphatic rings. The number of aliphatic hydroxyl groups is 1. The summed E-state index contributed by atoms with van der Waals surface area (Å²) in [6.45, 7) is 3.81. The van der Waals surface area contributed by atoms with Gasteiger partial charge in [-0.05, 0) is 56.0 Å².